The molecule has 174 valence electrons. The number of hydrogen-bond acceptors (Lipinski definition) is 5. The van der Waals surface area contributed by atoms with E-state index < -0.39 is 23.6 Å². The summed E-state index contributed by atoms with van der Waals surface area (Å²) in [5.41, 5.74) is 8.59. The summed E-state index contributed by atoms with van der Waals surface area (Å²) in [6.07, 6.45) is 0. The zero-order valence-electron chi connectivity index (χ0n) is 19.1. The molecular weight excluding hydrogens is 466 g/mol. The number of benzene rings is 6. The number of hydrogen-bond donors (Lipinski definition) is 2. The Labute approximate surface area is 208 Å². The van der Waals surface area contributed by atoms with E-state index in [-0.39, 0.29) is 0 Å². The van der Waals surface area contributed by atoms with Crippen molar-refractivity contribution in [3.63, 3.8) is 0 Å². The molecule has 0 radical (unpaired) electrons. The highest BCUT2D eigenvalue weighted by atomic mass is 16.2. The first-order chi connectivity index (χ1) is 17.9. The van der Waals surface area contributed by atoms with Gasteiger partial charge in [0.15, 0.2) is 0 Å². The highest BCUT2D eigenvalue weighted by molar-refractivity contribution is 6.43. The lowest BCUT2D eigenvalue weighted by molar-refractivity contribution is 0.0840. The topological polar surface area (TPSA) is 110 Å². The van der Waals surface area contributed by atoms with Crippen molar-refractivity contribution >= 4 is 78.1 Å². The van der Waals surface area contributed by atoms with Crippen molar-refractivity contribution in [2.75, 3.05) is 10.6 Å². The van der Waals surface area contributed by atoms with Crippen LogP contribution < -0.4 is 16.0 Å². The second-order valence-electron chi connectivity index (χ2n) is 9.46. The Morgan fingerprint density at radius 1 is 0.486 bits per heavy atom. The van der Waals surface area contributed by atoms with E-state index in [0.29, 0.717) is 44.4 Å². The van der Waals surface area contributed by atoms with Crippen molar-refractivity contribution in [1.82, 2.24) is 5.32 Å². The molecule has 0 aliphatic carbocycles. The monoisotopic (exact) mass is 481 g/mol. The third-order valence-corrected chi connectivity index (χ3v) is 7.64. The number of nitrogens with two attached hydrogens (primary N) is 1. The van der Waals surface area contributed by atoms with E-state index in [1.165, 1.54) is 4.90 Å². The first-order valence-corrected chi connectivity index (χ1v) is 11.7. The van der Waals surface area contributed by atoms with Crippen LogP contribution in [0.15, 0.2) is 72.8 Å². The first kappa shape index (κ1) is 19.9. The van der Waals surface area contributed by atoms with Crippen LogP contribution >= 0.6 is 0 Å². The molecule has 6 aromatic carbocycles. The molecule has 7 nitrogen and oxygen atoms in total. The molecule has 0 bridgehead atoms. The summed E-state index contributed by atoms with van der Waals surface area (Å²) < 4.78 is 0. The van der Waals surface area contributed by atoms with Gasteiger partial charge in [-0.05, 0) is 80.8 Å². The SMILES string of the molecule is Nc1ccc(N2C(=O)c3ccc4c5ccc6c7c(ccc(c8ccc(c3c48)C2=O)c75)C(=O)NC6=O)cc1. The summed E-state index contributed by atoms with van der Waals surface area (Å²) in [4.78, 5) is 53.7. The summed E-state index contributed by atoms with van der Waals surface area (Å²) in [5, 5.41) is 8.71. The number of amides is 4. The minimum absolute atomic E-state index is 0.399. The second-order valence-corrected chi connectivity index (χ2v) is 9.46. The van der Waals surface area contributed by atoms with E-state index in [4.69, 9.17) is 5.73 Å². The van der Waals surface area contributed by atoms with E-state index in [0.717, 1.165) is 32.3 Å². The number of nitrogens with one attached hydrogen (secondary N) is 1. The van der Waals surface area contributed by atoms with Gasteiger partial charge in [0.25, 0.3) is 23.6 Å². The van der Waals surface area contributed by atoms with Gasteiger partial charge in [0.2, 0.25) is 0 Å². The summed E-state index contributed by atoms with van der Waals surface area (Å²) in [7, 11) is 0. The molecule has 37 heavy (non-hydrogen) atoms. The molecule has 2 heterocycles. The van der Waals surface area contributed by atoms with Gasteiger partial charge in [0.1, 0.15) is 0 Å². The van der Waals surface area contributed by atoms with Gasteiger partial charge in [-0.3, -0.25) is 24.5 Å². The van der Waals surface area contributed by atoms with Gasteiger partial charge >= 0.3 is 0 Å². The highest BCUT2D eigenvalue weighted by Crippen LogP contribution is 2.46. The number of rotatable bonds is 1. The maximum absolute atomic E-state index is 13.7. The van der Waals surface area contributed by atoms with Crippen LogP contribution in [0, 0.1) is 0 Å². The van der Waals surface area contributed by atoms with Crippen LogP contribution in [0.25, 0.3) is 43.1 Å². The molecule has 6 aromatic rings. The van der Waals surface area contributed by atoms with E-state index in [2.05, 4.69) is 5.32 Å². The van der Waals surface area contributed by atoms with Crippen LogP contribution in [0.1, 0.15) is 41.4 Å². The van der Waals surface area contributed by atoms with Crippen LogP contribution in [0.5, 0.6) is 0 Å². The number of imide groups is 2. The minimum atomic E-state index is -0.420. The lowest BCUT2D eigenvalue weighted by Crippen LogP contribution is -2.40. The van der Waals surface area contributed by atoms with Crippen LogP contribution in [0.4, 0.5) is 11.4 Å². The predicted molar refractivity (Wildman–Crippen MR) is 141 cm³/mol. The largest absolute Gasteiger partial charge is 0.399 e. The zero-order valence-corrected chi connectivity index (χ0v) is 19.1. The fraction of sp³-hybridized carbons (Fsp3) is 0. The van der Waals surface area contributed by atoms with Crippen molar-refractivity contribution in [3.8, 4) is 0 Å². The standard InChI is InChI=1S/C30H15N3O4/c31-13-1-3-14(4-2-13)33-29(36)21-11-7-17-15-5-9-19-25-20(28(35)32-27(19)34)10-6-16(23(15)25)18-8-12-22(30(33)37)26(21)24(17)18/h1-12H,31H2,(H,32,34,35). The second kappa shape index (κ2) is 6.47. The van der Waals surface area contributed by atoms with E-state index in [1.54, 1.807) is 48.5 Å². The maximum atomic E-state index is 13.7. The Morgan fingerprint density at radius 3 is 1.35 bits per heavy atom. The number of carbonyl (C=O) groups excluding carboxylic acids is 4. The molecule has 0 unspecified atom stereocenters. The van der Waals surface area contributed by atoms with E-state index >= 15 is 0 Å². The first-order valence-electron chi connectivity index (χ1n) is 11.7. The van der Waals surface area contributed by atoms with E-state index in [9.17, 15) is 19.2 Å². The Morgan fingerprint density at radius 2 is 0.892 bits per heavy atom. The van der Waals surface area contributed by atoms with Gasteiger partial charge in [0, 0.05) is 38.7 Å². The average Bonchev–Trinajstić information content (AvgIpc) is 2.90. The third kappa shape index (κ3) is 2.31. The summed E-state index contributed by atoms with van der Waals surface area (Å²) >= 11 is 0. The molecule has 3 N–H and O–H groups in total. The smallest absolute Gasteiger partial charge is 0.265 e. The molecule has 7 heteroatoms. The number of anilines is 2. The average molecular weight is 481 g/mol. The van der Waals surface area contributed by atoms with Crippen molar-refractivity contribution in [1.29, 1.82) is 0 Å². The van der Waals surface area contributed by atoms with Crippen LogP contribution in [-0.2, 0) is 0 Å². The lowest BCUT2D eigenvalue weighted by atomic mass is 9.82. The molecular formula is C30H15N3O4. The maximum Gasteiger partial charge on any atom is 0.265 e. The molecule has 2 aliphatic rings. The van der Waals surface area contributed by atoms with Crippen LogP contribution in [-0.4, -0.2) is 23.6 Å². The fourth-order valence-corrected chi connectivity index (χ4v) is 6.05. The lowest BCUT2D eigenvalue weighted by Gasteiger charge is -2.29. The highest BCUT2D eigenvalue weighted by Gasteiger charge is 2.36. The van der Waals surface area contributed by atoms with Crippen molar-refractivity contribution in [3.05, 3.63) is 95.1 Å². The van der Waals surface area contributed by atoms with Gasteiger partial charge in [-0.15, -0.1) is 0 Å². The normalized spacial score (nSPS) is 15.0. The summed E-state index contributed by atoms with van der Waals surface area (Å²) in [6, 6.07) is 21.1. The Bertz CT molecular complexity index is 1980. The molecule has 0 saturated heterocycles. The van der Waals surface area contributed by atoms with Crippen LogP contribution in [0.3, 0.4) is 0 Å². The Kier molecular flexibility index (Phi) is 3.49. The molecule has 2 aliphatic heterocycles. The third-order valence-electron chi connectivity index (χ3n) is 7.64. The van der Waals surface area contributed by atoms with Gasteiger partial charge in [0.05, 0.1) is 5.69 Å². The van der Waals surface area contributed by atoms with E-state index in [1.807, 2.05) is 24.3 Å². The number of carbonyl (C=O) groups is 4. The number of fused-ring (bicyclic) bond motifs is 2. The van der Waals surface area contributed by atoms with Gasteiger partial charge in [-0.1, -0.05) is 24.3 Å². The van der Waals surface area contributed by atoms with Gasteiger partial charge in [-0.2, -0.15) is 0 Å². The van der Waals surface area contributed by atoms with Crippen molar-refractivity contribution in [2.24, 2.45) is 0 Å². The fourth-order valence-electron chi connectivity index (χ4n) is 6.05. The molecule has 0 saturated carbocycles. The van der Waals surface area contributed by atoms with Crippen LogP contribution in [0.2, 0.25) is 0 Å². The Hall–Kier alpha value is -5.30. The molecule has 0 fully saturated rings. The number of nitrogens with zero attached hydrogens (tertiary/aromatic N) is 1. The molecule has 8 rings (SSSR count). The number of nitrogen functional groups attached to an aromatic ring is 1. The molecule has 0 atom stereocenters. The molecule has 0 spiro atoms. The summed E-state index contributed by atoms with van der Waals surface area (Å²) in [5.74, 6) is -1.64. The van der Waals surface area contributed by atoms with Crippen molar-refractivity contribution in [2.45, 2.75) is 0 Å². The molecule has 4 amide bonds. The zero-order chi connectivity index (χ0) is 25.2. The van der Waals surface area contributed by atoms with Gasteiger partial charge < -0.3 is 5.73 Å². The minimum Gasteiger partial charge on any atom is -0.399 e. The summed E-state index contributed by atoms with van der Waals surface area (Å²) in [6.45, 7) is 0. The Balaban J connectivity index is 1.50. The quantitative estimate of drug-likeness (QED) is 0.149. The predicted octanol–water partition coefficient (Wildman–Crippen LogP) is 5.00. The van der Waals surface area contributed by atoms with Crippen molar-refractivity contribution < 1.29 is 19.2 Å². The molecule has 0 aromatic heterocycles. The van der Waals surface area contributed by atoms with Gasteiger partial charge in [-0.25, -0.2) is 4.90 Å².